The lowest BCUT2D eigenvalue weighted by atomic mass is 10.1. The number of fused-ring (bicyclic) bond motifs is 1. The summed E-state index contributed by atoms with van der Waals surface area (Å²) in [5, 5.41) is 10.1. The summed E-state index contributed by atoms with van der Waals surface area (Å²) in [6, 6.07) is 5.16. The summed E-state index contributed by atoms with van der Waals surface area (Å²) < 4.78 is 32.9. The first-order valence-electron chi connectivity index (χ1n) is 8.21. The fourth-order valence-electron chi connectivity index (χ4n) is 3.18. The number of nitrogens with one attached hydrogen (secondary N) is 1. The lowest BCUT2D eigenvalue weighted by molar-refractivity contribution is 0.104. The number of hydrogen-bond donors (Lipinski definition) is 2. The molecule has 2 aliphatic rings. The Morgan fingerprint density at radius 3 is 2.83 bits per heavy atom. The first-order valence-corrected chi connectivity index (χ1v) is 9.69. The van der Waals surface area contributed by atoms with E-state index in [-0.39, 0.29) is 11.4 Å². The SMILES string of the molecule is O=S(=O)(NC[C@@H](O)CN1CCCCC1)c1cccc2c1OCC2. The van der Waals surface area contributed by atoms with Gasteiger partial charge in [-0.15, -0.1) is 0 Å². The van der Waals surface area contributed by atoms with E-state index in [0.717, 1.165) is 37.9 Å². The molecule has 0 spiro atoms. The number of β-amino-alcohol motifs (C(OH)–C–C–N with tert-alkyl or cyclic N) is 1. The van der Waals surface area contributed by atoms with Gasteiger partial charge in [0, 0.05) is 19.5 Å². The molecule has 0 aromatic heterocycles. The zero-order valence-electron chi connectivity index (χ0n) is 13.2. The van der Waals surface area contributed by atoms with Crippen molar-refractivity contribution in [3.8, 4) is 5.75 Å². The molecule has 2 heterocycles. The van der Waals surface area contributed by atoms with E-state index >= 15 is 0 Å². The number of benzene rings is 1. The predicted molar refractivity (Wildman–Crippen MR) is 87.1 cm³/mol. The molecule has 1 fully saturated rings. The van der Waals surface area contributed by atoms with Crippen LogP contribution in [-0.4, -0.2) is 57.3 Å². The van der Waals surface area contributed by atoms with Gasteiger partial charge in [-0.25, -0.2) is 13.1 Å². The van der Waals surface area contributed by atoms with Crippen LogP contribution in [0.1, 0.15) is 24.8 Å². The Morgan fingerprint density at radius 1 is 1.26 bits per heavy atom. The van der Waals surface area contributed by atoms with Gasteiger partial charge in [0.15, 0.2) is 0 Å². The number of aliphatic hydroxyl groups excluding tert-OH is 1. The van der Waals surface area contributed by atoms with E-state index < -0.39 is 16.1 Å². The normalized spacial score (nSPS) is 20.0. The topological polar surface area (TPSA) is 78.9 Å². The van der Waals surface area contributed by atoms with Gasteiger partial charge in [0.05, 0.1) is 12.7 Å². The minimum Gasteiger partial charge on any atom is -0.492 e. The van der Waals surface area contributed by atoms with Crippen LogP contribution in [0.3, 0.4) is 0 Å². The van der Waals surface area contributed by atoms with Gasteiger partial charge in [0.25, 0.3) is 0 Å². The number of nitrogens with zero attached hydrogens (tertiary/aromatic N) is 1. The third-order valence-electron chi connectivity index (χ3n) is 4.39. The highest BCUT2D eigenvalue weighted by molar-refractivity contribution is 7.89. The van der Waals surface area contributed by atoms with E-state index in [1.54, 1.807) is 12.1 Å². The Morgan fingerprint density at radius 2 is 2.04 bits per heavy atom. The van der Waals surface area contributed by atoms with E-state index in [1.165, 1.54) is 6.42 Å². The van der Waals surface area contributed by atoms with Gasteiger partial charge in [0.2, 0.25) is 10.0 Å². The molecule has 0 bridgehead atoms. The van der Waals surface area contributed by atoms with E-state index in [4.69, 9.17) is 4.74 Å². The molecule has 0 aliphatic carbocycles. The average Bonchev–Trinajstić information content (AvgIpc) is 3.02. The van der Waals surface area contributed by atoms with Crippen LogP contribution in [0.2, 0.25) is 0 Å². The fraction of sp³-hybridized carbons (Fsp3) is 0.625. The maximum atomic E-state index is 12.5. The predicted octanol–water partition coefficient (Wildman–Crippen LogP) is 0.747. The second kappa shape index (κ2) is 7.17. The molecule has 6 nitrogen and oxygen atoms in total. The quantitative estimate of drug-likeness (QED) is 0.799. The van der Waals surface area contributed by atoms with Crippen LogP contribution in [0, 0.1) is 0 Å². The van der Waals surface area contributed by atoms with E-state index in [0.29, 0.717) is 18.9 Å². The molecular formula is C16H24N2O4S. The first kappa shape index (κ1) is 16.7. The van der Waals surface area contributed by atoms with E-state index in [2.05, 4.69) is 9.62 Å². The Kier molecular flexibility index (Phi) is 5.21. The van der Waals surface area contributed by atoms with Crippen molar-refractivity contribution in [1.82, 2.24) is 9.62 Å². The average molecular weight is 340 g/mol. The van der Waals surface area contributed by atoms with Crippen molar-refractivity contribution in [2.24, 2.45) is 0 Å². The van der Waals surface area contributed by atoms with Crippen LogP contribution >= 0.6 is 0 Å². The van der Waals surface area contributed by atoms with Crippen LogP contribution in [0.5, 0.6) is 5.75 Å². The molecule has 0 amide bonds. The molecule has 2 N–H and O–H groups in total. The Hall–Kier alpha value is -1.15. The molecule has 0 radical (unpaired) electrons. The summed E-state index contributed by atoms with van der Waals surface area (Å²) in [5.41, 5.74) is 0.918. The molecule has 0 unspecified atom stereocenters. The second-order valence-electron chi connectivity index (χ2n) is 6.21. The van der Waals surface area contributed by atoms with Crippen LogP contribution in [-0.2, 0) is 16.4 Å². The molecule has 1 aromatic rings. The highest BCUT2D eigenvalue weighted by Crippen LogP contribution is 2.32. The molecule has 2 aliphatic heterocycles. The number of rotatable bonds is 6. The molecule has 128 valence electrons. The van der Waals surface area contributed by atoms with Crippen LogP contribution in [0.4, 0.5) is 0 Å². The van der Waals surface area contributed by atoms with Gasteiger partial charge in [-0.1, -0.05) is 18.6 Å². The van der Waals surface area contributed by atoms with Gasteiger partial charge in [0.1, 0.15) is 10.6 Å². The van der Waals surface area contributed by atoms with Gasteiger partial charge in [-0.3, -0.25) is 0 Å². The Labute approximate surface area is 137 Å². The molecule has 7 heteroatoms. The molecule has 1 atom stereocenters. The van der Waals surface area contributed by atoms with Gasteiger partial charge >= 0.3 is 0 Å². The summed E-state index contributed by atoms with van der Waals surface area (Å²) >= 11 is 0. The van der Waals surface area contributed by atoms with Crippen LogP contribution in [0.15, 0.2) is 23.1 Å². The third kappa shape index (κ3) is 4.03. The Bertz CT molecular complexity index is 641. The maximum Gasteiger partial charge on any atom is 0.244 e. The van der Waals surface area contributed by atoms with Crippen LogP contribution < -0.4 is 9.46 Å². The zero-order chi connectivity index (χ0) is 16.3. The first-order chi connectivity index (χ1) is 11.1. The lowest BCUT2D eigenvalue weighted by Gasteiger charge is -2.28. The largest absolute Gasteiger partial charge is 0.492 e. The lowest BCUT2D eigenvalue weighted by Crippen LogP contribution is -2.42. The number of aliphatic hydroxyl groups is 1. The summed E-state index contributed by atoms with van der Waals surface area (Å²) in [7, 11) is -3.67. The zero-order valence-corrected chi connectivity index (χ0v) is 14.0. The van der Waals surface area contributed by atoms with Crippen molar-refractivity contribution in [1.29, 1.82) is 0 Å². The third-order valence-corrected chi connectivity index (χ3v) is 5.84. The monoisotopic (exact) mass is 340 g/mol. The molecule has 23 heavy (non-hydrogen) atoms. The van der Waals surface area contributed by atoms with Gasteiger partial charge in [-0.2, -0.15) is 0 Å². The van der Waals surface area contributed by atoms with Crippen molar-refractivity contribution in [3.05, 3.63) is 23.8 Å². The number of para-hydroxylation sites is 1. The molecule has 3 rings (SSSR count). The minimum atomic E-state index is -3.67. The molecular weight excluding hydrogens is 316 g/mol. The van der Waals surface area contributed by atoms with Gasteiger partial charge < -0.3 is 14.7 Å². The molecule has 1 saturated heterocycles. The summed E-state index contributed by atoms with van der Waals surface area (Å²) in [6.07, 6.45) is 3.55. The Balaban J connectivity index is 1.59. The number of hydrogen-bond acceptors (Lipinski definition) is 5. The highest BCUT2D eigenvalue weighted by Gasteiger charge is 2.25. The second-order valence-corrected chi connectivity index (χ2v) is 7.95. The smallest absolute Gasteiger partial charge is 0.244 e. The van der Waals surface area contributed by atoms with Crippen molar-refractivity contribution in [3.63, 3.8) is 0 Å². The number of likely N-dealkylation sites (tertiary alicyclic amines) is 1. The minimum absolute atomic E-state index is 0.0164. The van der Waals surface area contributed by atoms with Gasteiger partial charge in [-0.05, 0) is 37.6 Å². The summed E-state index contributed by atoms with van der Waals surface area (Å²) in [5.74, 6) is 0.450. The molecule has 1 aromatic carbocycles. The van der Waals surface area contributed by atoms with Crippen molar-refractivity contribution in [2.75, 3.05) is 32.8 Å². The van der Waals surface area contributed by atoms with Crippen molar-refractivity contribution in [2.45, 2.75) is 36.7 Å². The summed E-state index contributed by atoms with van der Waals surface area (Å²) in [4.78, 5) is 2.35. The summed E-state index contributed by atoms with van der Waals surface area (Å²) in [6.45, 7) is 2.99. The van der Waals surface area contributed by atoms with E-state index in [9.17, 15) is 13.5 Å². The molecule has 0 saturated carbocycles. The highest BCUT2D eigenvalue weighted by atomic mass is 32.2. The fourth-order valence-corrected chi connectivity index (χ4v) is 4.44. The van der Waals surface area contributed by atoms with E-state index in [1.807, 2.05) is 6.07 Å². The number of sulfonamides is 1. The number of piperidine rings is 1. The van der Waals surface area contributed by atoms with Crippen LogP contribution in [0.25, 0.3) is 0 Å². The number of ether oxygens (including phenoxy) is 1. The van der Waals surface area contributed by atoms with Crippen molar-refractivity contribution < 1.29 is 18.3 Å². The maximum absolute atomic E-state index is 12.5. The van der Waals surface area contributed by atoms with Crippen molar-refractivity contribution >= 4 is 10.0 Å². The standard InChI is InChI=1S/C16H24N2O4S/c19-14(12-18-8-2-1-3-9-18)11-17-23(20,21)15-6-4-5-13-7-10-22-16(13)15/h4-6,14,17,19H,1-3,7-12H2/t14-/m1/s1.